The average molecular weight is 253 g/mol. The van der Waals surface area contributed by atoms with Crippen molar-refractivity contribution in [3.8, 4) is 0 Å². The largest absolute Gasteiger partial charge is 0.462 e. The molecular weight excluding hydrogens is 242 g/mol. The summed E-state index contributed by atoms with van der Waals surface area (Å²) in [4.78, 5) is 15.9. The van der Waals surface area contributed by atoms with E-state index in [0.29, 0.717) is 12.2 Å². The molecule has 0 aliphatic heterocycles. The van der Waals surface area contributed by atoms with E-state index in [-0.39, 0.29) is 5.97 Å². The lowest BCUT2D eigenvalue weighted by Gasteiger charge is -2.01. The van der Waals surface area contributed by atoms with Crippen LogP contribution in [0.15, 0.2) is 22.7 Å². The van der Waals surface area contributed by atoms with Gasteiger partial charge in [0.1, 0.15) is 0 Å². The Morgan fingerprint density at radius 2 is 2.44 bits per heavy atom. The SMILES string of the molecule is CCOC(=O)c1c(SC)sc2cnccc12. The Labute approximate surface area is 102 Å². The molecule has 0 saturated heterocycles. The van der Waals surface area contributed by atoms with Crippen LogP contribution in [0.2, 0.25) is 0 Å². The molecule has 2 rings (SSSR count). The fourth-order valence-corrected chi connectivity index (χ4v) is 3.36. The summed E-state index contributed by atoms with van der Waals surface area (Å²) < 4.78 is 7.08. The van der Waals surface area contributed by atoms with Crippen LogP contribution < -0.4 is 0 Å². The molecule has 0 atom stereocenters. The van der Waals surface area contributed by atoms with Gasteiger partial charge in [0.05, 0.1) is 21.1 Å². The summed E-state index contributed by atoms with van der Waals surface area (Å²) in [6.45, 7) is 2.21. The molecule has 0 aromatic carbocycles. The molecule has 0 bridgehead atoms. The first-order chi connectivity index (χ1) is 7.77. The molecular formula is C11H11NO2S2. The van der Waals surface area contributed by atoms with Crippen LogP contribution in [0.4, 0.5) is 0 Å². The molecule has 3 nitrogen and oxygen atoms in total. The van der Waals surface area contributed by atoms with Crippen LogP contribution >= 0.6 is 23.1 Å². The number of esters is 1. The van der Waals surface area contributed by atoms with Gasteiger partial charge in [-0.2, -0.15) is 0 Å². The summed E-state index contributed by atoms with van der Waals surface area (Å²) in [7, 11) is 0. The molecule has 0 fully saturated rings. The van der Waals surface area contributed by atoms with E-state index >= 15 is 0 Å². The van der Waals surface area contributed by atoms with Crippen LogP contribution in [-0.4, -0.2) is 23.8 Å². The Bertz CT molecular complexity index is 522. The summed E-state index contributed by atoms with van der Waals surface area (Å²) in [6.07, 6.45) is 5.44. The second-order valence-electron chi connectivity index (χ2n) is 3.06. The van der Waals surface area contributed by atoms with Gasteiger partial charge in [-0.25, -0.2) is 4.79 Å². The van der Waals surface area contributed by atoms with Crippen molar-refractivity contribution in [2.24, 2.45) is 0 Å². The highest BCUT2D eigenvalue weighted by molar-refractivity contribution is 8.00. The smallest absolute Gasteiger partial charge is 0.340 e. The van der Waals surface area contributed by atoms with Gasteiger partial charge in [0, 0.05) is 17.8 Å². The second kappa shape index (κ2) is 4.84. The summed E-state index contributed by atoms with van der Waals surface area (Å²) in [6, 6.07) is 1.86. The number of carbonyl (C=O) groups excluding carboxylic acids is 1. The van der Waals surface area contributed by atoms with E-state index in [1.807, 2.05) is 19.2 Å². The number of nitrogens with zero attached hydrogens (tertiary/aromatic N) is 1. The first-order valence-electron chi connectivity index (χ1n) is 4.85. The number of hydrogen-bond acceptors (Lipinski definition) is 5. The maximum absolute atomic E-state index is 11.9. The van der Waals surface area contributed by atoms with Crippen molar-refractivity contribution >= 4 is 39.2 Å². The van der Waals surface area contributed by atoms with E-state index in [1.54, 1.807) is 35.5 Å². The van der Waals surface area contributed by atoms with E-state index in [4.69, 9.17) is 4.74 Å². The van der Waals surface area contributed by atoms with Gasteiger partial charge in [0.15, 0.2) is 0 Å². The minimum absolute atomic E-state index is 0.246. The highest BCUT2D eigenvalue weighted by Gasteiger charge is 2.19. The van der Waals surface area contributed by atoms with Crippen LogP contribution in [-0.2, 0) is 4.74 Å². The van der Waals surface area contributed by atoms with Crippen molar-refractivity contribution in [3.05, 3.63) is 24.0 Å². The van der Waals surface area contributed by atoms with Gasteiger partial charge in [-0.15, -0.1) is 23.1 Å². The van der Waals surface area contributed by atoms with Gasteiger partial charge in [-0.3, -0.25) is 4.98 Å². The highest BCUT2D eigenvalue weighted by Crippen LogP contribution is 2.36. The van der Waals surface area contributed by atoms with Gasteiger partial charge in [0.25, 0.3) is 0 Å². The van der Waals surface area contributed by atoms with Crippen molar-refractivity contribution in [2.45, 2.75) is 11.1 Å². The van der Waals surface area contributed by atoms with E-state index in [1.165, 1.54) is 0 Å². The van der Waals surface area contributed by atoms with Crippen LogP contribution in [0, 0.1) is 0 Å². The Hall–Kier alpha value is -1.07. The summed E-state index contributed by atoms with van der Waals surface area (Å²) in [5.41, 5.74) is 0.678. The number of thioether (sulfide) groups is 1. The topological polar surface area (TPSA) is 39.2 Å². The predicted octanol–water partition coefficient (Wildman–Crippen LogP) is 3.19. The number of carbonyl (C=O) groups is 1. The number of pyridine rings is 1. The van der Waals surface area contributed by atoms with E-state index < -0.39 is 0 Å². The fraction of sp³-hybridized carbons (Fsp3) is 0.273. The third-order valence-corrected chi connectivity index (χ3v) is 4.39. The molecule has 2 aromatic rings. The lowest BCUT2D eigenvalue weighted by Crippen LogP contribution is -2.04. The maximum atomic E-state index is 11.9. The van der Waals surface area contributed by atoms with Crippen molar-refractivity contribution in [3.63, 3.8) is 0 Å². The molecule has 0 aliphatic rings. The quantitative estimate of drug-likeness (QED) is 0.622. The minimum Gasteiger partial charge on any atom is -0.462 e. The Morgan fingerprint density at radius 1 is 1.62 bits per heavy atom. The molecule has 0 spiro atoms. The monoisotopic (exact) mass is 253 g/mol. The van der Waals surface area contributed by atoms with Crippen LogP contribution in [0.3, 0.4) is 0 Å². The standard InChI is InChI=1S/C11H11NO2S2/c1-3-14-10(13)9-7-4-5-12-6-8(7)16-11(9)15-2/h4-6H,3H2,1-2H3. The molecule has 5 heteroatoms. The van der Waals surface area contributed by atoms with Gasteiger partial charge in [-0.05, 0) is 19.2 Å². The van der Waals surface area contributed by atoms with E-state index in [0.717, 1.165) is 14.3 Å². The summed E-state index contributed by atoms with van der Waals surface area (Å²) >= 11 is 3.14. The zero-order valence-corrected chi connectivity index (χ0v) is 10.7. The first kappa shape index (κ1) is 11.4. The van der Waals surface area contributed by atoms with Crippen molar-refractivity contribution < 1.29 is 9.53 Å². The zero-order valence-electron chi connectivity index (χ0n) is 9.02. The number of aromatic nitrogens is 1. The highest BCUT2D eigenvalue weighted by atomic mass is 32.2. The Morgan fingerprint density at radius 3 is 3.12 bits per heavy atom. The molecule has 84 valence electrons. The number of ether oxygens (including phenoxy) is 1. The second-order valence-corrected chi connectivity index (χ2v) is 5.19. The predicted molar refractivity (Wildman–Crippen MR) is 67.4 cm³/mol. The molecule has 2 heterocycles. The van der Waals surface area contributed by atoms with Gasteiger partial charge < -0.3 is 4.74 Å². The van der Waals surface area contributed by atoms with Crippen LogP contribution in [0.5, 0.6) is 0 Å². The van der Waals surface area contributed by atoms with Crippen molar-refractivity contribution in [1.82, 2.24) is 4.98 Å². The number of fused-ring (bicyclic) bond motifs is 1. The Balaban J connectivity index is 2.60. The van der Waals surface area contributed by atoms with E-state index in [9.17, 15) is 4.79 Å². The summed E-state index contributed by atoms with van der Waals surface area (Å²) in [5.74, 6) is -0.246. The van der Waals surface area contributed by atoms with Gasteiger partial charge in [0.2, 0.25) is 0 Å². The summed E-state index contributed by atoms with van der Waals surface area (Å²) in [5, 5.41) is 0.933. The number of hydrogen-bond donors (Lipinski definition) is 0. The first-order valence-corrected chi connectivity index (χ1v) is 6.89. The van der Waals surface area contributed by atoms with Gasteiger partial charge in [-0.1, -0.05) is 0 Å². The average Bonchev–Trinajstić information content (AvgIpc) is 2.67. The maximum Gasteiger partial charge on any atom is 0.340 e. The minimum atomic E-state index is -0.246. The molecule has 0 aliphatic carbocycles. The fourth-order valence-electron chi connectivity index (χ4n) is 1.47. The molecule has 0 radical (unpaired) electrons. The normalized spacial score (nSPS) is 10.6. The number of rotatable bonds is 3. The Kier molecular flexibility index (Phi) is 3.46. The third kappa shape index (κ3) is 1.92. The zero-order chi connectivity index (χ0) is 11.5. The lowest BCUT2D eigenvalue weighted by molar-refractivity contribution is 0.0525. The molecule has 0 unspecified atom stereocenters. The van der Waals surface area contributed by atoms with Crippen LogP contribution in [0.1, 0.15) is 17.3 Å². The van der Waals surface area contributed by atoms with Crippen LogP contribution in [0.25, 0.3) is 10.1 Å². The molecule has 0 saturated carbocycles. The van der Waals surface area contributed by atoms with Gasteiger partial charge >= 0.3 is 5.97 Å². The molecule has 0 N–H and O–H groups in total. The molecule has 0 amide bonds. The lowest BCUT2D eigenvalue weighted by atomic mass is 10.2. The van der Waals surface area contributed by atoms with E-state index in [2.05, 4.69) is 4.98 Å². The number of thiophene rings is 1. The molecule has 16 heavy (non-hydrogen) atoms. The van der Waals surface area contributed by atoms with Crippen molar-refractivity contribution in [2.75, 3.05) is 12.9 Å². The molecule has 2 aromatic heterocycles. The third-order valence-electron chi connectivity index (χ3n) is 2.13. The van der Waals surface area contributed by atoms with Crippen molar-refractivity contribution in [1.29, 1.82) is 0 Å².